The number of carbonyl (C=O) groups is 1. The van der Waals surface area contributed by atoms with Gasteiger partial charge in [0.25, 0.3) is 0 Å². The number of aryl methyl sites for hydroxylation is 1. The van der Waals surface area contributed by atoms with Gasteiger partial charge in [-0.05, 0) is 62.3 Å². The minimum atomic E-state index is -0.298. The summed E-state index contributed by atoms with van der Waals surface area (Å²) >= 11 is 0. The molecule has 4 nitrogen and oxygen atoms in total. The van der Waals surface area contributed by atoms with E-state index >= 15 is 0 Å². The van der Waals surface area contributed by atoms with Crippen molar-refractivity contribution in [2.75, 3.05) is 6.61 Å². The Hall–Kier alpha value is -1.55. The number of carbonyl (C=O) groups excluding carboxylic acids is 1. The summed E-state index contributed by atoms with van der Waals surface area (Å²) in [7, 11) is 0. The maximum Gasteiger partial charge on any atom is 0.306 e. The number of rotatable bonds is 5. The topological polar surface area (TPSA) is 61.5 Å². The molecule has 4 heteroatoms. The van der Waals surface area contributed by atoms with E-state index in [1.807, 2.05) is 19.9 Å². The smallest absolute Gasteiger partial charge is 0.306 e. The lowest BCUT2D eigenvalue weighted by Crippen LogP contribution is -2.23. The number of hydrogen-bond donors (Lipinski definition) is 1. The van der Waals surface area contributed by atoms with Gasteiger partial charge in [-0.1, -0.05) is 6.07 Å². The van der Waals surface area contributed by atoms with Gasteiger partial charge in [-0.25, -0.2) is 0 Å². The minimum Gasteiger partial charge on any atom is -0.476 e. The molecule has 0 amide bonds. The Balaban J connectivity index is 1.98. The lowest BCUT2D eigenvalue weighted by molar-refractivity contribution is -0.144. The molecule has 0 fully saturated rings. The highest BCUT2D eigenvalue weighted by Gasteiger charge is 2.22. The molecule has 1 aromatic rings. The first kappa shape index (κ1) is 14.9. The SMILES string of the molecule is CCOC(=O)CC1CCc2cc(OC(C)N)ccc2C1. The average Bonchev–Trinajstić information content (AvgIpc) is 2.38. The number of ether oxygens (including phenoxy) is 2. The third-order valence-corrected chi connectivity index (χ3v) is 3.59. The van der Waals surface area contributed by atoms with E-state index < -0.39 is 0 Å². The Morgan fingerprint density at radius 1 is 1.45 bits per heavy atom. The lowest BCUT2D eigenvalue weighted by atomic mass is 9.82. The summed E-state index contributed by atoms with van der Waals surface area (Å²) in [6, 6.07) is 6.11. The zero-order chi connectivity index (χ0) is 14.5. The Bertz CT molecular complexity index is 471. The first-order valence-electron chi connectivity index (χ1n) is 7.28. The predicted octanol–water partition coefficient (Wildman–Crippen LogP) is 2.43. The molecular weight excluding hydrogens is 254 g/mol. The number of nitrogens with two attached hydrogens (primary N) is 1. The fourth-order valence-electron chi connectivity index (χ4n) is 2.72. The van der Waals surface area contributed by atoms with Gasteiger partial charge in [0.05, 0.1) is 6.61 Å². The van der Waals surface area contributed by atoms with E-state index in [1.165, 1.54) is 11.1 Å². The molecule has 2 N–H and O–H groups in total. The molecule has 0 saturated heterocycles. The van der Waals surface area contributed by atoms with Crippen LogP contribution in [-0.4, -0.2) is 18.8 Å². The Labute approximate surface area is 120 Å². The van der Waals surface area contributed by atoms with Crippen LogP contribution in [0.3, 0.4) is 0 Å². The van der Waals surface area contributed by atoms with Gasteiger partial charge in [0.1, 0.15) is 12.0 Å². The summed E-state index contributed by atoms with van der Waals surface area (Å²) in [6.07, 6.45) is 3.16. The normalized spacial score (nSPS) is 19.1. The zero-order valence-electron chi connectivity index (χ0n) is 12.2. The molecule has 0 aliphatic heterocycles. The van der Waals surface area contributed by atoms with Gasteiger partial charge in [0, 0.05) is 6.42 Å². The minimum absolute atomic E-state index is 0.0853. The van der Waals surface area contributed by atoms with Crippen LogP contribution >= 0.6 is 0 Å². The van der Waals surface area contributed by atoms with Crippen LogP contribution in [0.15, 0.2) is 18.2 Å². The standard InChI is InChI=1S/C16H23NO3/c1-3-19-16(18)9-12-4-5-14-10-15(20-11(2)17)7-6-13(14)8-12/h6-7,10-12H,3-5,8-9,17H2,1-2H3. The lowest BCUT2D eigenvalue weighted by Gasteiger charge is -2.24. The molecule has 1 aliphatic rings. The number of hydrogen-bond acceptors (Lipinski definition) is 4. The second-order valence-corrected chi connectivity index (χ2v) is 5.37. The van der Waals surface area contributed by atoms with Crippen molar-refractivity contribution in [2.24, 2.45) is 11.7 Å². The highest BCUT2D eigenvalue weighted by Crippen LogP contribution is 2.30. The average molecular weight is 277 g/mol. The van der Waals surface area contributed by atoms with Crippen LogP contribution in [0.25, 0.3) is 0 Å². The van der Waals surface area contributed by atoms with Crippen molar-refractivity contribution in [3.8, 4) is 5.75 Å². The fraction of sp³-hybridized carbons (Fsp3) is 0.562. The summed E-state index contributed by atoms with van der Waals surface area (Å²) < 4.78 is 10.5. The first-order chi connectivity index (χ1) is 9.58. The van der Waals surface area contributed by atoms with E-state index in [2.05, 4.69) is 12.1 Å². The Morgan fingerprint density at radius 3 is 2.95 bits per heavy atom. The molecule has 0 bridgehead atoms. The molecule has 20 heavy (non-hydrogen) atoms. The number of fused-ring (bicyclic) bond motifs is 1. The number of benzene rings is 1. The summed E-state index contributed by atoms with van der Waals surface area (Å²) in [4.78, 5) is 11.5. The van der Waals surface area contributed by atoms with Crippen LogP contribution in [0, 0.1) is 5.92 Å². The maximum atomic E-state index is 11.5. The highest BCUT2D eigenvalue weighted by atomic mass is 16.5. The summed E-state index contributed by atoms with van der Waals surface area (Å²) in [6.45, 7) is 4.11. The molecule has 110 valence electrons. The van der Waals surface area contributed by atoms with Crippen molar-refractivity contribution in [1.29, 1.82) is 0 Å². The highest BCUT2D eigenvalue weighted by molar-refractivity contribution is 5.69. The van der Waals surface area contributed by atoms with Crippen molar-refractivity contribution in [3.63, 3.8) is 0 Å². The molecule has 0 radical (unpaired) electrons. The molecule has 2 rings (SSSR count). The van der Waals surface area contributed by atoms with Gasteiger partial charge in [-0.3, -0.25) is 10.5 Å². The molecule has 0 heterocycles. The Kier molecular flexibility index (Phi) is 5.01. The van der Waals surface area contributed by atoms with Crippen molar-refractivity contribution in [2.45, 2.75) is 45.8 Å². The molecule has 2 atom stereocenters. The number of esters is 1. The van der Waals surface area contributed by atoms with Crippen LogP contribution in [0.4, 0.5) is 0 Å². The van der Waals surface area contributed by atoms with Crippen LogP contribution in [-0.2, 0) is 22.4 Å². The van der Waals surface area contributed by atoms with E-state index in [0.717, 1.165) is 25.0 Å². The molecule has 2 unspecified atom stereocenters. The second kappa shape index (κ2) is 6.75. The monoisotopic (exact) mass is 277 g/mol. The molecule has 0 saturated carbocycles. The predicted molar refractivity (Wildman–Crippen MR) is 77.5 cm³/mol. The largest absolute Gasteiger partial charge is 0.476 e. The van der Waals surface area contributed by atoms with Crippen LogP contribution in [0.2, 0.25) is 0 Å². The maximum absolute atomic E-state index is 11.5. The molecule has 0 aromatic heterocycles. The fourth-order valence-corrected chi connectivity index (χ4v) is 2.72. The Morgan fingerprint density at radius 2 is 2.25 bits per heavy atom. The van der Waals surface area contributed by atoms with Gasteiger partial charge < -0.3 is 9.47 Å². The van der Waals surface area contributed by atoms with Crippen LogP contribution in [0.5, 0.6) is 5.75 Å². The van der Waals surface area contributed by atoms with Gasteiger partial charge >= 0.3 is 5.97 Å². The van der Waals surface area contributed by atoms with Crippen molar-refractivity contribution in [3.05, 3.63) is 29.3 Å². The first-order valence-corrected chi connectivity index (χ1v) is 7.28. The van der Waals surface area contributed by atoms with Gasteiger partial charge in [-0.2, -0.15) is 0 Å². The van der Waals surface area contributed by atoms with Crippen molar-refractivity contribution >= 4 is 5.97 Å². The van der Waals surface area contributed by atoms with Crippen molar-refractivity contribution in [1.82, 2.24) is 0 Å². The van der Waals surface area contributed by atoms with Gasteiger partial charge in [0.2, 0.25) is 0 Å². The van der Waals surface area contributed by atoms with E-state index in [4.69, 9.17) is 15.2 Å². The second-order valence-electron chi connectivity index (χ2n) is 5.37. The molecule has 1 aromatic carbocycles. The summed E-state index contributed by atoms with van der Waals surface area (Å²) in [5.74, 6) is 1.13. The van der Waals surface area contributed by atoms with E-state index in [9.17, 15) is 4.79 Å². The zero-order valence-corrected chi connectivity index (χ0v) is 12.2. The van der Waals surface area contributed by atoms with E-state index in [1.54, 1.807) is 0 Å². The van der Waals surface area contributed by atoms with Gasteiger partial charge in [0.15, 0.2) is 0 Å². The van der Waals surface area contributed by atoms with Crippen LogP contribution in [0.1, 0.15) is 37.8 Å². The summed E-state index contributed by atoms with van der Waals surface area (Å²) in [5.41, 5.74) is 8.25. The molecule has 1 aliphatic carbocycles. The quantitative estimate of drug-likeness (QED) is 0.663. The van der Waals surface area contributed by atoms with Crippen LogP contribution < -0.4 is 10.5 Å². The summed E-state index contributed by atoms with van der Waals surface area (Å²) in [5, 5.41) is 0. The third kappa shape index (κ3) is 3.97. The van der Waals surface area contributed by atoms with E-state index in [-0.39, 0.29) is 12.2 Å². The van der Waals surface area contributed by atoms with Crippen molar-refractivity contribution < 1.29 is 14.3 Å². The molecule has 0 spiro atoms. The molecular formula is C16H23NO3. The third-order valence-electron chi connectivity index (χ3n) is 3.59. The van der Waals surface area contributed by atoms with E-state index in [0.29, 0.717) is 18.9 Å². The van der Waals surface area contributed by atoms with Gasteiger partial charge in [-0.15, -0.1) is 0 Å².